The molecule has 1 amide bonds. The molecule has 0 radical (unpaired) electrons. The van der Waals surface area contributed by atoms with Gasteiger partial charge in [0.1, 0.15) is 5.60 Å². The fourth-order valence-electron chi connectivity index (χ4n) is 2.17. The van der Waals surface area contributed by atoms with Gasteiger partial charge in [-0.2, -0.15) is 0 Å². The van der Waals surface area contributed by atoms with Crippen LogP contribution in [-0.4, -0.2) is 48.5 Å². The standard InChI is InChI=1S/C13H26N2O3/c1-4-11(5-2)15-12(16)8-14-9-13(17)6-7-18-10(13)3/h10-11,14,17H,4-9H2,1-3H3,(H,15,16). The normalized spacial score (nSPS) is 27.7. The van der Waals surface area contributed by atoms with E-state index in [1.165, 1.54) is 0 Å². The first-order chi connectivity index (χ1) is 8.51. The third-order valence-corrected chi connectivity index (χ3v) is 3.73. The van der Waals surface area contributed by atoms with Gasteiger partial charge in [0.2, 0.25) is 5.91 Å². The van der Waals surface area contributed by atoms with E-state index < -0.39 is 5.60 Å². The summed E-state index contributed by atoms with van der Waals surface area (Å²) in [7, 11) is 0. The predicted molar refractivity (Wildman–Crippen MR) is 70.4 cm³/mol. The zero-order valence-electron chi connectivity index (χ0n) is 11.7. The molecular formula is C13H26N2O3. The smallest absolute Gasteiger partial charge is 0.234 e. The van der Waals surface area contributed by atoms with Gasteiger partial charge in [0.25, 0.3) is 0 Å². The van der Waals surface area contributed by atoms with Crippen LogP contribution in [0.4, 0.5) is 0 Å². The van der Waals surface area contributed by atoms with Crippen molar-refractivity contribution in [2.75, 3.05) is 19.7 Å². The summed E-state index contributed by atoms with van der Waals surface area (Å²) in [6, 6.07) is 0.246. The average Bonchev–Trinajstić information content (AvgIpc) is 2.67. The number of carbonyl (C=O) groups is 1. The Bertz CT molecular complexity index is 269. The quantitative estimate of drug-likeness (QED) is 0.619. The van der Waals surface area contributed by atoms with E-state index in [9.17, 15) is 9.90 Å². The van der Waals surface area contributed by atoms with E-state index >= 15 is 0 Å². The number of rotatable bonds is 7. The van der Waals surface area contributed by atoms with Gasteiger partial charge >= 0.3 is 0 Å². The van der Waals surface area contributed by atoms with Crippen LogP contribution in [0.3, 0.4) is 0 Å². The topological polar surface area (TPSA) is 70.6 Å². The molecule has 0 saturated carbocycles. The SMILES string of the molecule is CCC(CC)NC(=O)CNCC1(O)CCOC1C. The first-order valence-corrected chi connectivity index (χ1v) is 6.86. The van der Waals surface area contributed by atoms with Crippen molar-refractivity contribution in [3.8, 4) is 0 Å². The van der Waals surface area contributed by atoms with Gasteiger partial charge in [-0.25, -0.2) is 0 Å². The van der Waals surface area contributed by atoms with Crippen LogP contribution in [0.25, 0.3) is 0 Å². The number of nitrogens with one attached hydrogen (secondary N) is 2. The van der Waals surface area contributed by atoms with Crippen molar-refractivity contribution in [1.82, 2.24) is 10.6 Å². The number of amides is 1. The maximum absolute atomic E-state index is 11.6. The molecule has 1 heterocycles. The molecule has 0 aliphatic carbocycles. The summed E-state index contributed by atoms with van der Waals surface area (Å²) in [4.78, 5) is 11.6. The Balaban J connectivity index is 2.23. The third-order valence-electron chi connectivity index (χ3n) is 3.73. The molecule has 5 nitrogen and oxygen atoms in total. The summed E-state index contributed by atoms with van der Waals surface area (Å²) in [5.41, 5.74) is -0.838. The van der Waals surface area contributed by atoms with Gasteiger partial charge in [0, 0.05) is 25.6 Å². The summed E-state index contributed by atoms with van der Waals surface area (Å²) < 4.78 is 5.33. The van der Waals surface area contributed by atoms with Crippen LogP contribution in [0.5, 0.6) is 0 Å². The summed E-state index contributed by atoms with van der Waals surface area (Å²) in [6.07, 6.45) is 2.33. The second-order valence-corrected chi connectivity index (χ2v) is 5.05. The second-order valence-electron chi connectivity index (χ2n) is 5.05. The van der Waals surface area contributed by atoms with Crippen molar-refractivity contribution in [3.05, 3.63) is 0 Å². The first kappa shape index (κ1) is 15.4. The van der Waals surface area contributed by atoms with Gasteiger partial charge in [-0.15, -0.1) is 0 Å². The minimum atomic E-state index is -0.838. The summed E-state index contributed by atoms with van der Waals surface area (Å²) in [5, 5.41) is 16.2. The highest BCUT2D eigenvalue weighted by Gasteiger charge is 2.39. The molecule has 1 aliphatic rings. The van der Waals surface area contributed by atoms with E-state index in [0.29, 0.717) is 19.6 Å². The Morgan fingerprint density at radius 3 is 2.67 bits per heavy atom. The second kappa shape index (κ2) is 7.07. The number of hydrogen-bond donors (Lipinski definition) is 3. The predicted octanol–water partition coefficient (Wildman–Crippen LogP) is 0.421. The summed E-state index contributed by atoms with van der Waals surface area (Å²) in [6.45, 7) is 7.19. The molecule has 1 rings (SSSR count). The molecule has 0 spiro atoms. The third kappa shape index (κ3) is 4.23. The van der Waals surface area contributed by atoms with Crippen LogP contribution < -0.4 is 10.6 Å². The highest BCUT2D eigenvalue weighted by Crippen LogP contribution is 2.24. The number of aliphatic hydroxyl groups is 1. The minimum Gasteiger partial charge on any atom is -0.386 e. The molecular weight excluding hydrogens is 232 g/mol. The number of hydrogen-bond acceptors (Lipinski definition) is 4. The van der Waals surface area contributed by atoms with Gasteiger partial charge in [0.15, 0.2) is 0 Å². The van der Waals surface area contributed by atoms with E-state index in [4.69, 9.17) is 4.74 Å². The van der Waals surface area contributed by atoms with Crippen LogP contribution in [0.2, 0.25) is 0 Å². The molecule has 2 atom stereocenters. The molecule has 1 fully saturated rings. The van der Waals surface area contributed by atoms with Gasteiger partial charge in [-0.05, 0) is 19.8 Å². The van der Waals surface area contributed by atoms with Crippen molar-refractivity contribution in [2.45, 2.75) is 57.8 Å². The maximum Gasteiger partial charge on any atom is 0.234 e. The lowest BCUT2D eigenvalue weighted by molar-refractivity contribution is -0.121. The van der Waals surface area contributed by atoms with Gasteiger partial charge in [-0.1, -0.05) is 13.8 Å². The Hall–Kier alpha value is -0.650. The van der Waals surface area contributed by atoms with Crippen molar-refractivity contribution in [1.29, 1.82) is 0 Å². The molecule has 1 saturated heterocycles. The zero-order chi connectivity index (χ0) is 13.6. The van der Waals surface area contributed by atoms with Crippen LogP contribution in [-0.2, 0) is 9.53 Å². The average molecular weight is 258 g/mol. The number of carbonyl (C=O) groups excluding carboxylic acids is 1. The number of ether oxygens (including phenoxy) is 1. The van der Waals surface area contributed by atoms with Crippen molar-refractivity contribution in [2.24, 2.45) is 0 Å². The fraction of sp³-hybridized carbons (Fsp3) is 0.923. The molecule has 0 aromatic rings. The van der Waals surface area contributed by atoms with Crippen molar-refractivity contribution >= 4 is 5.91 Å². The fourth-order valence-corrected chi connectivity index (χ4v) is 2.17. The maximum atomic E-state index is 11.6. The molecule has 18 heavy (non-hydrogen) atoms. The zero-order valence-corrected chi connectivity index (χ0v) is 11.7. The van der Waals surface area contributed by atoms with Gasteiger partial charge in [-0.3, -0.25) is 4.79 Å². The summed E-state index contributed by atoms with van der Waals surface area (Å²) in [5.74, 6) is -0.0149. The Labute approximate surface area is 109 Å². The lowest BCUT2D eigenvalue weighted by Crippen LogP contribution is -2.48. The summed E-state index contributed by atoms with van der Waals surface area (Å²) >= 11 is 0. The lowest BCUT2D eigenvalue weighted by atomic mass is 9.97. The molecule has 1 aliphatic heterocycles. The molecule has 3 N–H and O–H groups in total. The van der Waals surface area contributed by atoms with E-state index in [1.807, 2.05) is 6.92 Å². The van der Waals surface area contributed by atoms with Crippen LogP contribution in [0, 0.1) is 0 Å². The Kier molecular flexibility index (Phi) is 6.05. The highest BCUT2D eigenvalue weighted by atomic mass is 16.5. The lowest BCUT2D eigenvalue weighted by Gasteiger charge is -2.26. The van der Waals surface area contributed by atoms with Crippen LogP contribution >= 0.6 is 0 Å². The van der Waals surface area contributed by atoms with Crippen molar-refractivity contribution in [3.63, 3.8) is 0 Å². The molecule has 2 unspecified atom stereocenters. The van der Waals surface area contributed by atoms with Gasteiger partial charge < -0.3 is 20.5 Å². The van der Waals surface area contributed by atoms with E-state index in [1.54, 1.807) is 0 Å². The largest absolute Gasteiger partial charge is 0.386 e. The van der Waals surface area contributed by atoms with Gasteiger partial charge in [0.05, 0.1) is 12.6 Å². The van der Waals surface area contributed by atoms with E-state index in [-0.39, 0.29) is 24.6 Å². The van der Waals surface area contributed by atoms with Crippen LogP contribution in [0.15, 0.2) is 0 Å². The molecule has 0 aromatic heterocycles. The first-order valence-electron chi connectivity index (χ1n) is 6.86. The monoisotopic (exact) mass is 258 g/mol. The Morgan fingerprint density at radius 2 is 2.17 bits per heavy atom. The molecule has 106 valence electrons. The molecule has 5 heteroatoms. The van der Waals surface area contributed by atoms with Crippen molar-refractivity contribution < 1.29 is 14.6 Å². The van der Waals surface area contributed by atoms with Crippen LogP contribution in [0.1, 0.15) is 40.0 Å². The minimum absolute atomic E-state index is 0.0149. The highest BCUT2D eigenvalue weighted by molar-refractivity contribution is 5.78. The Morgan fingerprint density at radius 1 is 1.50 bits per heavy atom. The van der Waals surface area contributed by atoms with E-state index in [0.717, 1.165) is 12.8 Å². The molecule has 0 aromatic carbocycles. The molecule has 0 bridgehead atoms. The van der Waals surface area contributed by atoms with E-state index in [2.05, 4.69) is 24.5 Å².